The lowest BCUT2D eigenvalue weighted by Crippen LogP contribution is -2.30. The molecule has 1 fully saturated rings. The van der Waals surface area contributed by atoms with Crippen LogP contribution in [0.1, 0.15) is 38.7 Å². The molecule has 1 aromatic rings. The normalized spacial score (nSPS) is 21.5. The van der Waals surface area contributed by atoms with E-state index in [1.54, 1.807) is 0 Å². The summed E-state index contributed by atoms with van der Waals surface area (Å²) < 4.78 is 0. The molecular formula is C15H21N3. The molecule has 0 saturated heterocycles. The third-order valence-electron chi connectivity index (χ3n) is 4.01. The van der Waals surface area contributed by atoms with Gasteiger partial charge in [-0.05, 0) is 42.0 Å². The molecule has 0 heterocycles. The number of nitrogen functional groups attached to an aromatic ring is 1. The van der Waals surface area contributed by atoms with Crippen molar-refractivity contribution in [3.63, 3.8) is 0 Å². The first kappa shape index (κ1) is 12.8. The van der Waals surface area contributed by atoms with Crippen LogP contribution in [0.5, 0.6) is 0 Å². The van der Waals surface area contributed by atoms with E-state index in [2.05, 4.69) is 25.2 Å². The van der Waals surface area contributed by atoms with E-state index in [-0.39, 0.29) is 0 Å². The zero-order chi connectivity index (χ0) is 13.2. The number of anilines is 2. The minimum Gasteiger partial charge on any atom is -0.398 e. The van der Waals surface area contributed by atoms with E-state index in [0.717, 1.165) is 11.3 Å². The molecule has 1 atom stereocenters. The van der Waals surface area contributed by atoms with Gasteiger partial charge in [0.2, 0.25) is 0 Å². The Morgan fingerprint density at radius 3 is 2.89 bits per heavy atom. The number of rotatable bonds is 3. The molecule has 1 saturated carbocycles. The van der Waals surface area contributed by atoms with Crippen LogP contribution in [0.25, 0.3) is 0 Å². The predicted octanol–water partition coefficient (Wildman–Crippen LogP) is 3.33. The van der Waals surface area contributed by atoms with Crippen LogP contribution in [0.3, 0.4) is 0 Å². The van der Waals surface area contributed by atoms with Gasteiger partial charge in [-0.3, -0.25) is 0 Å². The van der Waals surface area contributed by atoms with Gasteiger partial charge in [0, 0.05) is 17.4 Å². The highest BCUT2D eigenvalue weighted by atomic mass is 14.9. The van der Waals surface area contributed by atoms with Gasteiger partial charge in [-0.2, -0.15) is 5.26 Å². The third kappa shape index (κ3) is 2.59. The summed E-state index contributed by atoms with van der Waals surface area (Å²) in [5.74, 6) is 0. The summed E-state index contributed by atoms with van der Waals surface area (Å²) >= 11 is 0. The number of nitrogens with two attached hydrogens (primary N) is 1. The Bertz CT molecular complexity index is 471. The maximum absolute atomic E-state index is 8.78. The quantitative estimate of drug-likeness (QED) is 0.800. The highest BCUT2D eigenvalue weighted by molar-refractivity contribution is 5.58. The average molecular weight is 243 g/mol. The van der Waals surface area contributed by atoms with E-state index in [4.69, 9.17) is 11.0 Å². The molecule has 0 aliphatic heterocycles. The number of benzene rings is 1. The van der Waals surface area contributed by atoms with Crippen molar-refractivity contribution in [1.29, 1.82) is 5.26 Å². The SMILES string of the molecule is CC1(C)CCCC1Nc1ccc(N)c(CC#N)c1. The maximum Gasteiger partial charge on any atom is 0.0670 e. The minimum absolute atomic E-state index is 0.344. The van der Waals surface area contributed by atoms with Crippen molar-refractivity contribution in [2.45, 2.75) is 45.6 Å². The van der Waals surface area contributed by atoms with E-state index in [0.29, 0.717) is 23.6 Å². The van der Waals surface area contributed by atoms with Gasteiger partial charge in [0.05, 0.1) is 12.5 Å². The Morgan fingerprint density at radius 2 is 2.28 bits per heavy atom. The fourth-order valence-electron chi connectivity index (χ4n) is 2.73. The molecular weight excluding hydrogens is 222 g/mol. The van der Waals surface area contributed by atoms with E-state index in [1.165, 1.54) is 19.3 Å². The molecule has 2 rings (SSSR count). The molecule has 1 aliphatic rings. The highest BCUT2D eigenvalue weighted by Gasteiger charge is 2.34. The number of nitriles is 1. The van der Waals surface area contributed by atoms with Crippen LogP contribution in [0.4, 0.5) is 11.4 Å². The minimum atomic E-state index is 0.344. The molecule has 1 aliphatic carbocycles. The van der Waals surface area contributed by atoms with Gasteiger partial charge >= 0.3 is 0 Å². The van der Waals surface area contributed by atoms with E-state index in [9.17, 15) is 0 Å². The molecule has 0 aromatic heterocycles. The Hall–Kier alpha value is -1.69. The topological polar surface area (TPSA) is 61.8 Å². The Labute approximate surface area is 109 Å². The monoisotopic (exact) mass is 243 g/mol. The molecule has 0 bridgehead atoms. The van der Waals surface area contributed by atoms with Gasteiger partial charge in [-0.1, -0.05) is 20.3 Å². The second-order valence-corrected chi connectivity index (χ2v) is 5.83. The van der Waals surface area contributed by atoms with Crippen molar-refractivity contribution >= 4 is 11.4 Å². The van der Waals surface area contributed by atoms with Crippen LogP contribution in [0.15, 0.2) is 18.2 Å². The molecule has 18 heavy (non-hydrogen) atoms. The maximum atomic E-state index is 8.78. The second-order valence-electron chi connectivity index (χ2n) is 5.83. The van der Waals surface area contributed by atoms with Crippen LogP contribution in [0, 0.1) is 16.7 Å². The molecule has 3 N–H and O–H groups in total. The van der Waals surface area contributed by atoms with E-state index in [1.807, 2.05) is 18.2 Å². The number of nitrogens with one attached hydrogen (secondary N) is 1. The van der Waals surface area contributed by atoms with Crippen molar-refractivity contribution in [2.24, 2.45) is 5.41 Å². The summed E-state index contributed by atoms with van der Waals surface area (Å²) in [5, 5.41) is 12.4. The lowest BCUT2D eigenvalue weighted by atomic mass is 9.87. The average Bonchev–Trinajstić information content (AvgIpc) is 2.63. The Balaban J connectivity index is 2.15. The van der Waals surface area contributed by atoms with Crippen molar-refractivity contribution in [3.8, 4) is 6.07 Å². The summed E-state index contributed by atoms with van der Waals surface area (Å²) in [7, 11) is 0. The summed E-state index contributed by atoms with van der Waals surface area (Å²) in [4.78, 5) is 0. The van der Waals surface area contributed by atoms with Crippen molar-refractivity contribution < 1.29 is 0 Å². The van der Waals surface area contributed by atoms with Crippen LogP contribution >= 0.6 is 0 Å². The summed E-state index contributed by atoms with van der Waals surface area (Å²) in [6, 6.07) is 8.56. The first-order valence-electron chi connectivity index (χ1n) is 6.55. The fraction of sp³-hybridized carbons (Fsp3) is 0.533. The molecule has 3 nitrogen and oxygen atoms in total. The fourth-order valence-corrected chi connectivity index (χ4v) is 2.73. The van der Waals surface area contributed by atoms with Crippen LogP contribution in [-0.2, 0) is 6.42 Å². The van der Waals surface area contributed by atoms with Gasteiger partial charge in [0.1, 0.15) is 0 Å². The summed E-state index contributed by atoms with van der Waals surface area (Å²) in [6.45, 7) is 4.62. The molecule has 1 unspecified atom stereocenters. The van der Waals surface area contributed by atoms with Crippen molar-refractivity contribution in [1.82, 2.24) is 0 Å². The van der Waals surface area contributed by atoms with Crippen molar-refractivity contribution in [2.75, 3.05) is 11.1 Å². The molecule has 3 heteroatoms. The number of hydrogen-bond acceptors (Lipinski definition) is 3. The highest BCUT2D eigenvalue weighted by Crippen LogP contribution is 2.39. The number of nitrogens with zero attached hydrogens (tertiary/aromatic N) is 1. The first-order chi connectivity index (χ1) is 8.53. The van der Waals surface area contributed by atoms with Gasteiger partial charge in [-0.15, -0.1) is 0 Å². The van der Waals surface area contributed by atoms with Gasteiger partial charge < -0.3 is 11.1 Å². The summed E-state index contributed by atoms with van der Waals surface area (Å²) in [6.07, 6.45) is 4.13. The first-order valence-corrected chi connectivity index (χ1v) is 6.55. The van der Waals surface area contributed by atoms with Gasteiger partial charge in [-0.25, -0.2) is 0 Å². The van der Waals surface area contributed by atoms with Crippen LogP contribution < -0.4 is 11.1 Å². The Kier molecular flexibility index (Phi) is 3.47. The zero-order valence-electron chi connectivity index (χ0n) is 11.2. The van der Waals surface area contributed by atoms with E-state index >= 15 is 0 Å². The molecule has 96 valence electrons. The van der Waals surface area contributed by atoms with Crippen molar-refractivity contribution in [3.05, 3.63) is 23.8 Å². The second kappa shape index (κ2) is 4.89. The molecule has 0 radical (unpaired) electrons. The molecule has 0 spiro atoms. The predicted molar refractivity (Wildman–Crippen MR) is 75.2 cm³/mol. The van der Waals surface area contributed by atoms with Gasteiger partial charge in [0.15, 0.2) is 0 Å². The lowest BCUT2D eigenvalue weighted by molar-refractivity contribution is 0.350. The largest absolute Gasteiger partial charge is 0.398 e. The van der Waals surface area contributed by atoms with Crippen LogP contribution in [0.2, 0.25) is 0 Å². The standard InChI is InChI=1S/C15H21N3/c1-15(2)8-3-4-14(15)18-12-5-6-13(17)11(10-12)7-9-16/h5-6,10,14,18H,3-4,7-8,17H2,1-2H3. The zero-order valence-corrected chi connectivity index (χ0v) is 11.2. The third-order valence-corrected chi connectivity index (χ3v) is 4.01. The molecule has 1 aromatic carbocycles. The van der Waals surface area contributed by atoms with Crippen LogP contribution in [-0.4, -0.2) is 6.04 Å². The van der Waals surface area contributed by atoms with Gasteiger partial charge in [0.25, 0.3) is 0 Å². The molecule has 0 amide bonds. The number of hydrogen-bond donors (Lipinski definition) is 2. The van der Waals surface area contributed by atoms with E-state index < -0.39 is 0 Å². The smallest absolute Gasteiger partial charge is 0.0670 e. The summed E-state index contributed by atoms with van der Waals surface area (Å²) in [5.41, 5.74) is 8.90. The lowest BCUT2D eigenvalue weighted by Gasteiger charge is -2.29. The Morgan fingerprint density at radius 1 is 1.50 bits per heavy atom.